The monoisotopic (exact) mass is 259 g/mol. The van der Waals surface area contributed by atoms with E-state index in [1.807, 2.05) is 0 Å². The van der Waals surface area contributed by atoms with Crippen molar-refractivity contribution in [1.29, 1.82) is 0 Å². The molecular formula is C10H8F3N3S. The van der Waals surface area contributed by atoms with E-state index in [9.17, 15) is 13.2 Å². The molecule has 0 radical (unpaired) electrons. The maximum absolute atomic E-state index is 12.6. The lowest BCUT2D eigenvalue weighted by atomic mass is 10.1. The van der Waals surface area contributed by atoms with E-state index in [0.29, 0.717) is 10.4 Å². The van der Waals surface area contributed by atoms with E-state index >= 15 is 0 Å². The Labute approximate surface area is 99.1 Å². The van der Waals surface area contributed by atoms with Crippen molar-refractivity contribution in [2.75, 3.05) is 5.73 Å². The number of aryl methyl sites for hydroxylation is 1. The minimum atomic E-state index is -4.49. The fourth-order valence-corrected chi connectivity index (χ4v) is 2.09. The summed E-state index contributed by atoms with van der Waals surface area (Å²) >= 11 is 1.31. The maximum atomic E-state index is 12.6. The second kappa shape index (κ2) is 3.99. The molecule has 0 aliphatic heterocycles. The van der Waals surface area contributed by atoms with Gasteiger partial charge in [-0.1, -0.05) is 0 Å². The van der Waals surface area contributed by atoms with Gasteiger partial charge in [0, 0.05) is 18.0 Å². The molecule has 0 unspecified atom stereocenters. The van der Waals surface area contributed by atoms with Crippen LogP contribution in [0.25, 0.3) is 10.4 Å². The van der Waals surface area contributed by atoms with E-state index in [1.54, 1.807) is 6.92 Å². The number of nitrogen functional groups attached to an aromatic ring is 1. The first kappa shape index (κ1) is 11.8. The number of alkyl halides is 3. The number of pyridine rings is 1. The number of anilines is 1. The van der Waals surface area contributed by atoms with Gasteiger partial charge in [-0.05, 0) is 13.0 Å². The summed E-state index contributed by atoms with van der Waals surface area (Å²) in [6, 6.07) is 0.995. The Hall–Kier alpha value is -1.63. The van der Waals surface area contributed by atoms with Crippen molar-refractivity contribution in [2.24, 2.45) is 0 Å². The van der Waals surface area contributed by atoms with E-state index in [1.165, 1.54) is 23.7 Å². The molecule has 0 aromatic carbocycles. The average molecular weight is 259 g/mol. The number of hydrogen-bond acceptors (Lipinski definition) is 4. The van der Waals surface area contributed by atoms with Gasteiger partial charge in [-0.15, -0.1) is 11.3 Å². The first-order chi connectivity index (χ1) is 7.88. The second-order valence-corrected chi connectivity index (χ2v) is 4.63. The molecule has 17 heavy (non-hydrogen) atoms. The predicted molar refractivity (Wildman–Crippen MR) is 59.5 cm³/mol. The smallest absolute Gasteiger partial charge is 0.383 e. The lowest BCUT2D eigenvalue weighted by molar-refractivity contribution is -0.137. The second-order valence-electron chi connectivity index (χ2n) is 3.40. The summed E-state index contributed by atoms with van der Waals surface area (Å²) in [4.78, 5) is 8.19. The molecule has 3 nitrogen and oxygen atoms in total. The highest BCUT2D eigenvalue weighted by Gasteiger charge is 2.34. The minimum absolute atomic E-state index is 0.372. The Morgan fingerprint density at radius 1 is 1.24 bits per heavy atom. The Morgan fingerprint density at radius 2 is 1.94 bits per heavy atom. The van der Waals surface area contributed by atoms with Crippen molar-refractivity contribution in [3.63, 3.8) is 0 Å². The molecule has 0 aliphatic rings. The van der Waals surface area contributed by atoms with Crippen molar-refractivity contribution in [3.05, 3.63) is 29.0 Å². The molecule has 2 aromatic rings. The Morgan fingerprint density at radius 3 is 2.47 bits per heavy atom. The van der Waals surface area contributed by atoms with Gasteiger partial charge in [0.1, 0.15) is 5.82 Å². The first-order valence-electron chi connectivity index (χ1n) is 4.63. The first-order valence-corrected chi connectivity index (χ1v) is 5.45. The van der Waals surface area contributed by atoms with Crippen LogP contribution in [-0.4, -0.2) is 9.97 Å². The van der Waals surface area contributed by atoms with Crippen molar-refractivity contribution in [2.45, 2.75) is 13.1 Å². The van der Waals surface area contributed by atoms with Crippen LogP contribution in [0.2, 0.25) is 0 Å². The SMILES string of the molecule is Cc1ncc(-c2cnc(N)c(C(F)(F)F)c2)s1. The van der Waals surface area contributed by atoms with Crippen LogP contribution in [0.4, 0.5) is 19.0 Å². The minimum Gasteiger partial charge on any atom is -0.383 e. The summed E-state index contributed by atoms with van der Waals surface area (Å²) in [6.45, 7) is 1.78. The summed E-state index contributed by atoms with van der Waals surface area (Å²) < 4.78 is 37.9. The molecule has 2 rings (SSSR count). The van der Waals surface area contributed by atoms with Crippen LogP contribution in [0, 0.1) is 6.92 Å². The molecule has 0 bridgehead atoms. The van der Waals surface area contributed by atoms with E-state index in [0.717, 1.165) is 11.1 Å². The molecule has 0 aliphatic carbocycles. The van der Waals surface area contributed by atoms with E-state index < -0.39 is 17.6 Å². The highest BCUT2D eigenvalue weighted by molar-refractivity contribution is 7.15. The van der Waals surface area contributed by atoms with Crippen LogP contribution < -0.4 is 5.73 Å². The average Bonchev–Trinajstić information content (AvgIpc) is 2.64. The molecule has 2 N–H and O–H groups in total. The summed E-state index contributed by atoms with van der Waals surface area (Å²) in [7, 11) is 0. The van der Waals surface area contributed by atoms with Crippen LogP contribution >= 0.6 is 11.3 Å². The maximum Gasteiger partial charge on any atom is 0.419 e. The number of nitrogens with zero attached hydrogens (tertiary/aromatic N) is 2. The van der Waals surface area contributed by atoms with Crippen molar-refractivity contribution in [3.8, 4) is 10.4 Å². The third kappa shape index (κ3) is 2.38. The predicted octanol–water partition coefficient (Wildman–Crippen LogP) is 3.11. The van der Waals surface area contributed by atoms with E-state index in [2.05, 4.69) is 9.97 Å². The van der Waals surface area contributed by atoms with Crippen LogP contribution in [0.5, 0.6) is 0 Å². The number of rotatable bonds is 1. The molecule has 7 heteroatoms. The Bertz CT molecular complexity index is 548. The normalized spacial score (nSPS) is 11.8. The van der Waals surface area contributed by atoms with Gasteiger partial charge in [0.2, 0.25) is 0 Å². The van der Waals surface area contributed by atoms with Gasteiger partial charge in [0.05, 0.1) is 15.4 Å². The van der Waals surface area contributed by atoms with E-state index in [4.69, 9.17) is 5.73 Å². The number of halogens is 3. The molecule has 0 amide bonds. The number of thiazole rings is 1. The van der Waals surface area contributed by atoms with Crippen LogP contribution in [0.1, 0.15) is 10.6 Å². The molecule has 0 saturated heterocycles. The number of nitrogens with two attached hydrogens (primary N) is 1. The largest absolute Gasteiger partial charge is 0.419 e. The van der Waals surface area contributed by atoms with Gasteiger partial charge >= 0.3 is 6.18 Å². The summed E-state index contributed by atoms with van der Waals surface area (Å²) in [6.07, 6.45) is -1.66. The summed E-state index contributed by atoms with van der Waals surface area (Å²) in [5.41, 5.74) is 4.67. The quantitative estimate of drug-likeness (QED) is 0.856. The zero-order valence-electron chi connectivity index (χ0n) is 8.75. The molecule has 0 spiro atoms. The van der Waals surface area contributed by atoms with Crippen molar-refractivity contribution >= 4 is 17.2 Å². The van der Waals surface area contributed by atoms with Crippen LogP contribution in [-0.2, 0) is 6.18 Å². The molecule has 2 heterocycles. The van der Waals surface area contributed by atoms with Crippen LogP contribution in [0.3, 0.4) is 0 Å². The van der Waals surface area contributed by atoms with Gasteiger partial charge < -0.3 is 5.73 Å². The standard InChI is InChI=1S/C10H8F3N3S/c1-5-15-4-8(17-5)6-2-7(10(11,12)13)9(14)16-3-6/h2-4H,1H3,(H2,14,16). The molecule has 0 atom stereocenters. The topological polar surface area (TPSA) is 51.8 Å². The molecular weight excluding hydrogens is 251 g/mol. The van der Waals surface area contributed by atoms with Gasteiger partial charge in [-0.2, -0.15) is 13.2 Å². The Kier molecular flexibility index (Phi) is 2.78. The molecule has 0 fully saturated rings. The highest BCUT2D eigenvalue weighted by Crippen LogP contribution is 2.36. The van der Waals surface area contributed by atoms with Gasteiger partial charge in [-0.3, -0.25) is 0 Å². The van der Waals surface area contributed by atoms with Gasteiger partial charge in [0.25, 0.3) is 0 Å². The number of aromatic nitrogens is 2. The fourth-order valence-electron chi connectivity index (χ4n) is 1.33. The van der Waals surface area contributed by atoms with Crippen molar-refractivity contribution < 1.29 is 13.2 Å². The summed E-state index contributed by atoms with van der Waals surface area (Å²) in [5.74, 6) is -0.512. The zero-order valence-corrected chi connectivity index (χ0v) is 9.56. The third-order valence-electron chi connectivity index (χ3n) is 2.13. The molecule has 2 aromatic heterocycles. The number of hydrogen-bond donors (Lipinski definition) is 1. The summed E-state index contributed by atoms with van der Waals surface area (Å²) in [5, 5.41) is 0.783. The Balaban J connectivity index is 2.51. The van der Waals surface area contributed by atoms with Crippen molar-refractivity contribution in [1.82, 2.24) is 9.97 Å². The van der Waals surface area contributed by atoms with E-state index in [-0.39, 0.29) is 0 Å². The lowest BCUT2D eigenvalue weighted by Crippen LogP contribution is -2.10. The highest BCUT2D eigenvalue weighted by atomic mass is 32.1. The fraction of sp³-hybridized carbons (Fsp3) is 0.200. The molecule has 90 valence electrons. The molecule has 0 saturated carbocycles. The third-order valence-corrected chi connectivity index (χ3v) is 3.09. The zero-order chi connectivity index (χ0) is 12.6. The van der Waals surface area contributed by atoms with Crippen LogP contribution in [0.15, 0.2) is 18.5 Å². The lowest BCUT2D eigenvalue weighted by Gasteiger charge is -2.09. The van der Waals surface area contributed by atoms with Gasteiger partial charge in [0.15, 0.2) is 0 Å². The van der Waals surface area contributed by atoms with Gasteiger partial charge in [-0.25, -0.2) is 9.97 Å².